The molecule has 11 nitrogen and oxygen atoms in total. The van der Waals surface area contributed by atoms with Crippen molar-refractivity contribution in [2.45, 2.75) is 90.2 Å². The van der Waals surface area contributed by atoms with Crippen molar-refractivity contribution in [2.24, 2.45) is 28.6 Å². The zero-order valence-corrected chi connectivity index (χ0v) is 28.6. The normalized spacial score (nSPS) is 39.3. The first-order chi connectivity index (χ1) is 20.4. The molecule has 3 N–H and O–H groups in total. The molecule has 0 aromatic carbocycles. The van der Waals surface area contributed by atoms with Gasteiger partial charge in [0.25, 0.3) is 0 Å². The van der Waals surface area contributed by atoms with Gasteiger partial charge in [-0.15, -0.1) is 0 Å². The topological polar surface area (TPSA) is 157 Å². The first-order valence-electron chi connectivity index (χ1n) is 15.6. The lowest BCUT2D eigenvalue weighted by molar-refractivity contribution is -0.883. The van der Waals surface area contributed by atoms with Gasteiger partial charge >= 0.3 is 13.8 Å². The van der Waals surface area contributed by atoms with Crippen molar-refractivity contribution in [2.75, 3.05) is 40.4 Å². The van der Waals surface area contributed by atoms with Crippen LogP contribution in [0.15, 0.2) is 23.8 Å². The monoisotopic (exact) mass is 658 g/mol. The SMILES string of the molecule is C[C@@H]1C[C@H]2[C@@H]3CCC4=CC(=O)C=C[C@]4(C)[C@@]3(F)[C@@H](O)C[C@]2(C)[C@@]1(O)C(=O)COP(=O)(O)OCC[N+](C)(C)CC(=O)OC(C)(C)C. The second-order valence-electron chi connectivity index (χ2n) is 15.6. The number of aliphatic hydroxyl groups excluding tert-OH is 1. The minimum absolute atomic E-state index is 0.00144. The van der Waals surface area contributed by atoms with E-state index < -0.39 is 77.7 Å². The van der Waals surface area contributed by atoms with Gasteiger partial charge in [0.1, 0.15) is 31.0 Å². The van der Waals surface area contributed by atoms with Gasteiger partial charge in [0.05, 0.1) is 20.2 Å². The summed E-state index contributed by atoms with van der Waals surface area (Å²) in [7, 11) is -1.28. The van der Waals surface area contributed by atoms with E-state index in [0.717, 1.165) is 0 Å². The third-order valence-electron chi connectivity index (χ3n) is 10.9. The molecule has 254 valence electrons. The lowest BCUT2D eigenvalue weighted by atomic mass is 9.44. The average Bonchev–Trinajstić information content (AvgIpc) is 3.08. The van der Waals surface area contributed by atoms with E-state index in [1.165, 1.54) is 12.2 Å². The molecule has 4 aliphatic carbocycles. The van der Waals surface area contributed by atoms with Crippen LogP contribution < -0.4 is 0 Å². The van der Waals surface area contributed by atoms with Crippen LogP contribution in [-0.2, 0) is 32.7 Å². The van der Waals surface area contributed by atoms with Crippen LogP contribution in [-0.4, -0.2) is 100 Å². The Labute approximate surface area is 265 Å². The molecule has 3 fully saturated rings. The number of nitrogens with zero attached hydrogens (tertiary/aromatic N) is 1. The van der Waals surface area contributed by atoms with Crippen LogP contribution in [0.3, 0.4) is 0 Å². The number of phosphoric ester groups is 1. The number of alkyl halides is 1. The molecule has 0 aliphatic heterocycles. The molecule has 0 spiro atoms. The number of quaternary nitrogens is 1. The summed E-state index contributed by atoms with van der Waals surface area (Å²) in [6.07, 6.45) is 3.65. The number of ether oxygens (including phenoxy) is 1. The van der Waals surface area contributed by atoms with Crippen molar-refractivity contribution in [1.29, 1.82) is 0 Å². The summed E-state index contributed by atoms with van der Waals surface area (Å²) in [4.78, 5) is 48.3. The van der Waals surface area contributed by atoms with Gasteiger partial charge in [-0.05, 0) is 77.4 Å². The van der Waals surface area contributed by atoms with Gasteiger partial charge in [0, 0.05) is 16.7 Å². The first-order valence-corrected chi connectivity index (χ1v) is 17.1. The van der Waals surface area contributed by atoms with Crippen LogP contribution in [0.4, 0.5) is 4.39 Å². The highest BCUT2D eigenvalue weighted by atomic mass is 31.2. The molecule has 0 aromatic rings. The standard InChI is InChI=1S/C32H49FNO10P/c1-20-15-24-23-10-9-21-16-22(35)11-12-29(21,5)31(23,33)25(36)17-30(24,6)32(20,39)26(37)19-43-45(40,41)42-14-13-34(7,8)18-27(38)44-28(2,3)4/h11-12,16,20,23-25,36,39H,9-10,13-15,17-19H2,1-8H3/p+1/t20-,23+,24+,25+,29+,30+,31+,32+/m1/s1. The molecule has 4 aliphatic rings. The van der Waals surface area contributed by atoms with Crippen LogP contribution >= 0.6 is 7.82 Å². The van der Waals surface area contributed by atoms with Crippen molar-refractivity contribution in [3.05, 3.63) is 23.8 Å². The number of hydrogen-bond donors (Lipinski definition) is 3. The van der Waals surface area contributed by atoms with E-state index >= 15 is 4.39 Å². The van der Waals surface area contributed by atoms with E-state index in [9.17, 15) is 34.1 Å². The molecule has 45 heavy (non-hydrogen) atoms. The van der Waals surface area contributed by atoms with Crippen molar-refractivity contribution >= 4 is 25.4 Å². The number of allylic oxidation sites excluding steroid dienone is 4. The number of aliphatic hydroxyl groups is 2. The first kappa shape index (κ1) is 36.1. The Kier molecular flexibility index (Phi) is 9.39. The lowest BCUT2D eigenvalue weighted by Gasteiger charge is -2.62. The number of phosphoric acid groups is 1. The lowest BCUT2D eigenvalue weighted by Crippen LogP contribution is -2.69. The van der Waals surface area contributed by atoms with E-state index in [4.69, 9.17) is 13.8 Å². The Bertz CT molecular complexity index is 1340. The fourth-order valence-corrected chi connectivity index (χ4v) is 9.30. The van der Waals surface area contributed by atoms with Crippen LogP contribution in [0.25, 0.3) is 0 Å². The maximum absolute atomic E-state index is 17.3. The van der Waals surface area contributed by atoms with Crippen LogP contribution in [0.5, 0.6) is 0 Å². The highest BCUT2D eigenvalue weighted by molar-refractivity contribution is 7.47. The third-order valence-corrected chi connectivity index (χ3v) is 11.9. The molecule has 0 heterocycles. The number of hydrogen-bond acceptors (Lipinski definition) is 9. The summed E-state index contributed by atoms with van der Waals surface area (Å²) >= 11 is 0. The predicted octanol–water partition coefficient (Wildman–Crippen LogP) is 3.46. The number of fused-ring (bicyclic) bond motifs is 5. The molecule has 9 atom stereocenters. The van der Waals surface area contributed by atoms with Crippen LogP contribution in [0.1, 0.15) is 67.2 Å². The number of likely N-dealkylation sites (N-methyl/N-ethyl adjacent to an activating group) is 1. The zero-order valence-electron chi connectivity index (χ0n) is 27.7. The summed E-state index contributed by atoms with van der Waals surface area (Å²) in [6.45, 7) is 9.28. The molecule has 0 saturated heterocycles. The molecule has 1 unspecified atom stereocenters. The van der Waals surface area contributed by atoms with E-state index in [1.54, 1.807) is 61.7 Å². The molecule has 0 aromatic heterocycles. The average molecular weight is 659 g/mol. The number of Topliss-reactive ketones (excluding diaryl/α,β-unsaturated/α-hetero) is 1. The predicted molar refractivity (Wildman–Crippen MR) is 162 cm³/mol. The van der Waals surface area contributed by atoms with Gasteiger partial charge in [0.15, 0.2) is 23.8 Å². The highest BCUT2D eigenvalue weighted by Gasteiger charge is 2.75. The number of ketones is 2. The quantitative estimate of drug-likeness (QED) is 0.181. The molecule has 0 bridgehead atoms. The highest BCUT2D eigenvalue weighted by Crippen LogP contribution is 2.70. The second-order valence-corrected chi connectivity index (χ2v) is 17.0. The Morgan fingerprint density at radius 2 is 1.82 bits per heavy atom. The van der Waals surface area contributed by atoms with Crippen molar-refractivity contribution < 1.29 is 56.7 Å². The maximum atomic E-state index is 17.3. The second kappa shape index (κ2) is 11.7. The fourth-order valence-electron chi connectivity index (χ4n) is 8.63. The van der Waals surface area contributed by atoms with Crippen LogP contribution in [0, 0.1) is 28.6 Å². The molecule has 4 rings (SSSR count). The number of rotatable bonds is 10. The Balaban J connectivity index is 1.43. The summed E-state index contributed by atoms with van der Waals surface area (Å²) in [6, 6.07) is 0. The van der Waals surface area contributed by atoms with Crippen molar-refractivity contribution in [3.8, 4) is 0 Å². The minimum Gasteiger partial charge on any atom is -0.456 e. The van der Waals surface area contributed by atoms with E-state index in [2.05, 4.69) is 0 Å². The van der Waals surface area contributed by atoms with Gasteiger partial charge in [0.2, 0.25) is 0 Å². The molecule has 0 radical (unpaired) electrons. The largest absolute Gasteiger partial charge is 0.472 e. The third kappa shape index (κ3) is 6.28. The summed E-state index contributed by atoms with van der Waals surface area (Å²) in [5.74, 6) is -3.34. The molecular formula is C32H50FNO10P+. The van der Waals surface area contributed by atoms with Crippen molar-refractivity contribution in [3.63, 3.8) is 0 Å². The van der Waals surface area contributed by atoms with Crippen LogP contribution in [0.2, 0.25) is 0 Å². The summed E-state index contributed by atoms with van der Waals surface area (Å²) < 4.78 is 45.6. The maximum Gasteiger partial charge on any atom is 0.472 e. The van der Waals surface area contributed by atoms with E-state index in [1.807, 2.05) is 0 Å². The summed E-state index contributed by atoms with van der Waals surface area (Å²) in [5, 5.41) is 23.5. The molecule has 13 heteroatoms. The Morgan fingerprint density at radius 3 is 2.44 bits per heavy atom. The number of carbonyl (C=O) groups excluding carboxylic acids is 3. The van der Waals surface area contributed by atoms with Gasteiger partial charge in [-0.25, -0.2) is 13.8 Å². The number of esters is 1. The molecule has 0 amide bonds. The van der Waals surface area contributed by atoms with Gasteiger partial charge in [-0.2, -0.15) is 0 Å². The van der Waals surface area contributed by atoms with Crippen molar-refractivity contribution in [1.82, 2.24) is 0 Å². The number of carbonyl (C=O) groups is 3. The van der Waals surface area contributed by atoms with E-state index in [0.29, 0.717) is 24.8 Å². The smallest absolute Gasteiger partial charge is 0.456 e. The van der Waals surface area contributed by atoms with Gasteiger partial charge < -0.3 is 24.3 Å². The number of halogens is 1. The molecule has 3 saturated carbocycles. The molecular weight excluding hydrogens is 608 g/mol. The van der Waals surface area contributed by atoms with Gasteiger partial charge in [-0.1, -0.05) is 25.5 Å². The summed E-state index contributed by atoms with van der Waals surface area (Å²) in [5.41, 5.74) is -6.66. The fraction of sp³-hybridized carbons (Fsp3) is 0.781. The Morgan fingerprint density at radius 1 is 1.18 bits per heavy atom. The van der Waals surface area contributed by atoms with E-state index in [-0.39, 0.29) is 36.4 Å². The van der Waals surface area contributed by atoms with Gasteiger partial charge in [-0.3, -0.25) is 18.6 Å². The minimum atomic E-state index is -4.73. The zero-order chi connectivity index (χ0) is 34.0. The Hall–Kier alpha value is -1.79.